The van der Waals surface area contributed by atoms with Crippen LogP contribution in [-0.2, 0) is 12.8 Å². The molecule has 1 aliphatic heterocycles. The molecule has 2 aromatic rings. The number of rotatable bonds is 3. The number of para-hydroxylation sites is 2. The molecule has 5 heteroatoms. The Morgan fingerprint density at radius 1 is 1.19 bits per heavy atom. The van der Waals surface area contributed by atoms with Crippen LogP contribution in [0.1, 0.15) is 11.1 Å². The smallest absolute Gasteiger partial charge is 0.272 e. The summed E-state index contributed by atoms with van der Waals surface area (Å²) in [7, 11) is 0. The average molecular weight is 284 g/mol. The van der Waals surface area contributed by atoms with Crippen molar-refractivity contribution in [2.45, 2.75) is 18.4 Å². The molecule has 0 bridgehead atoms. The largest absolute Gasteiger partial charge is 0.491 e. The molecule has 3 rings (SSSR count). The number of hydrogen-bond donors (Lipinski definition) is 1. The molecule has 0 fully saturated rings. The van der Waals surface area contributed by atoms with Crippen LogP contribution in [0.2, 0.25) is 0 Å². The minimum atomic E-state index is -0.625. The van der Waals surface area contributed by atoms with E-state index in [-0.39, 0.29) is 10.6 Å². The lowest BCUT2D eigenvalue weighted by molar-refractivity contribution is -0.385. The molecule has 108 valence electrons. The van der Waals surface area contributed by atoms with E-state index in [0.29, 0.717) is 25.0 Å². The summed E-state index contributed by atoms with van der Waals surface area (Å²) in [6.45, 7) is 0.357. The number of benzene rings is 2. The average Bonchev–Trinajstić information content (AvgIpc) is 2.47. The highest BCUT2D eigenvalue weighted by molar-refractivity contribution is 5.43. The van der Waals surface area contributed by atoms with E-state index in [9.17, 15) is 10.1 Å². The van der Waals surface area contributed by atoms with E-state index >= 15 is 0 Å². The van der Waals surface area contributed by atoms with Crippen molar-refractivity contribution in [3.8, 4) is 5.75 Å². The second-order valence-corrected chi connectivity index (χ2v) is 5.50. The SMILES string of the molecule is NC1(Cc2ccccc2[N+](=O)[O-])COc2ccccc2C1. The second kappa shape index (κ2) is 5.18. The fourth-order valence-corrected chi connectivity index (χ4v) is 2.77. The number of nitrogens with two attached hydrogens (primary N) is 1. The second-order valence-electron chi connectivity index (χ2n) is 5.50. The van der Waals surface area contributed by atoms with Gasteiger partial charge >= 0.3 is 0 Å². The zero-order chi connectivity index (χ0) is 14.9. The van der Waals surface area contributed by atoms with Crippen molar-refractivity contribution < 1.29 is 9.66 Å². The Labute approximate surface area is 122 Å². The van der Waals surface area contributed by atoms with Crippen LogP contribution in [0.25, 0.3) is 0 Å². The first kappa shape index (κ1) is 13.6. The third-order valence-electron chi connectivity index (χ3n) is 3.76. The summed E-state index contributed by atoms with van der Waals surface area (Å²) >= 11 is 0. The number of fused-ring (bicyclic) bond motifs is 1. The van der Waals surface area contributed by atoms with Crippen molar-refractivity contribution in [3.05, 3.63) is 69.8 Å². The summed E-state index contributed by atoms with van der Waals surface area (Å²) in [5.74, 6) is 0.848. The molecule has 0 aliphatic carbocycles. The van der Waals surface area contributed by atoms with Gasteiger partial charge < -0.3 is 10.5 Å². The number of hydrogen-bond acceptors (Lipinski definition) is 4. The maximum absolute atomic E-state index is 11.1. The molecule has 1 atom stereocenters. The Morgan fingerprint density at radius 2 is 1.90 bits per heavy atom. The fourth-order valence-electron chi connectivity index (χ4n) is 2.77. The van der Waals surface area contributed by atoms with E-state index in [1.165, 1.54) is 6.07 Å². The molecule has 1 heterocycles. The lowest BCUT2D eigenvalue weighted by Gasteiger charge is -2.34. The number of ether oxygens (including phenoxy) is 1. The van der Waals surface area contributed by atoms with Crippen molar-refractivity contribution in [1.82, 2.24) is 0 Å². The van der Waals surface area contributed by atoms with E-state index in [1.807, 2.05) is 24.3 Å². The van der Waals surface area contributed by atoms with Crippen LogP contribution >= 0.6 is 0 Å². The molecule has 0 amide bonds. The highest BCUT2D eigenvalue weighted by atomic mass is 16.6. The molecule has 1 aliphatic rings. The van der Waals surface area contributed by atoms with Crippen molar-refractivity contribution in [3.63, 3.8) is 0 Å². The Kier molecular flexibility index (Phi) is 3.35. The predicted molar refractivity (Wildman–Crippen MR) is 79.4 cm³/mol. The molecule has 0 spiro atoms. The number of nitro groups is 1. The fraction of sp³-hybridized carbons (Fsp3) is 0.250. The van der Waals surface area contributed by atoms with Gasteiger partial charge in [-0.05, 0) is 18.1 Å². The predicted octanol–water partition coefficient (Wildman–Crippen LogP) is 2.47. The normalized spacial score (nSPS) is 20.4. The van der Waals surface area contributed by atoms with Gasteiger partial charge in [0.05, 0.1) is 10.5 Å². The maximum Gasteiger partial charge on any atom is 0.272 e. The van der Waals surface area contributed by atoms with E-state index in [1.54, 1.807) is 18.2 Å². The van der Waals surface area contributed by atoms with Crippen LogP contribution < -0.4 is 10.5 Å². The van der Waals surface area contributed by atoms with E-state index in [0.717, 1.165) is 11.3 Å². The van der Waals surface area contributed by atoms with Gasteiger partial charge in [0.15, 0.2) is 0 Å². The van der Waals surface area contributed by atoms with E-state index in [2.05, 4.69) is 0 Å². The minimum Gasteiger partial charge on any atom is -0.491 e. The highest BCUT2D eigenvalue weighted by Crippen LogP contribution is 2.31. The van der Waals surface area contributed by atoms with Gasteiger partial charge in [0.1, 0.15) is 12.4 Å². The molecule has 0 radical (unpaired) electrons. The van der Waals surface area contributed by atoms with Crippen LogP contribution in [0.15, 0.2) is 48.5 Å². The minimum absolute atomic E-state index is 0.112. The molecular formula is C16H16N2O3. The van der Waals surface area contributed by atoms with Gasteiger partial charge in [-0.1, -0.05) is 36.4 Å². The Hall–Kier alpha value is -2.40. The van der Waals surface area contributed by atoms with Gasteiger partial charge in [-0.2, -0.15) is 0 Å². The van der Waals surface area contributed by atoms with Crippen LogP contribution in [0.4, 0.5) is 5.69 Å². The van der Waals surface area contributed by atoms with Gasteiger partial charge in [0, 0.05) is 18.1 Å². The third-order valence-corrected chi connectivity index (χ3v) is 3.76. The van der Waals surface area contributed by atoms with Gasteiger partial charge in [-0.3, -0.25) is 10.1 Å². The summed E-state index contributed by atoms with van der Waals surface area (Å²) in [5, 5.41) is 11.1. The van der Waals surface area contributed by atoms with Gasteiger partial charge in [-0.25, -0.2) is 0 Å². The van der Waals surface area contributed by atoms with Crippen LogP contribution in [0, 0.1) is 10.1 Å². The van der Waals surface area contributed by atoms with E-state index in [4.69, 9.17) is 10.5 Å². The first-order valence-electron chi connectivity index (χ1n) is 6.79. The Morgan fingerprint density at radius 3 is 2.71 bits per heavy atom. The summed E-state index contributed by atoms with van der Waals surface area (Å²) in [6.07, 6.45) is 1.06. The van der Waals surface area contributed by atoms with Crippen LogP contribution in [0.3, 0.4) is 0 Å². The monoisotopic (exact) mass is 284 g/mol. The molecule has 0 saturated carbocycles. The molecule has 0 saturated heterocycles. The van der Waals surface area contributed by atoms with Gasteiger partial charge in [0.2, 0.25) is 0 Å². The molecule has 5 nitrogen and oxygen atoms in total. The molecular weight excluding hydrogens is 268 g/mol. The number of nitrogens with zero attached hydrogens (tertiary/aromatic N) is 1. The molecule has 1 unspecified atom stereocenters. The van der Waals surface area contributed by atoms with Crippen molar-refractivity contribution in [2.75, 3.05) is 6.61 Å². The Balaban J connectivity index is 1.87. The van der Waals surface area contributed by atoms with Gasteiger partial charge in [-0.15, -0.1) is 0 Å². The topological polar surface area (TPSA) is 78.4 Å². The molecule has 21 heavy (non-hydrogen) atoms. The maximum atomic E-state index is 11.1. The summed E-state index contributed by atoms with van der Waals surface area (Å²) in [4.78, 5) is 10.7. The van der Waals surface area contributed by atoms with Crippen molar-refractivity contribution in [1.29, 1.82) is 0 Å². The van der Waals surface area contributed by atoms with Crippen LogP contribution in [0.5, 0.6) is 5.75 Å². The standard InChI is InChI=1S/C16H16N2O3/c17-16(9-12-5-1-3-7-14(12)18(19)20)10-13-6-2-4-8-15(13)21-11-16/h1-8H,9-11,17H2. The third kappa shape index (κ3) is 2.73. The molecule has 0 aromatic heterocycles. The quantitative estimate of drug-likeness (QED) is 0.693. The summed E-state index contributed by atoms with van der Waals surface area (Å²) < 4.78 is 5.72. The summed E-state index contributed by atoms with van der Waals surface area (Å²) in [6, 6.07) is 14.5. The molecule has 2 aromatic carbocycles. The number of nitro benzene ring substituents is 1. The highest BCUT2D eigenvalue weighted by Gasteiger charge is 2.34. The zero-order valence-electron chi connectivity index (χ0n) is 11.5. The lowest BCUT2D eigenvalue weighted by Crippen LogP contribution is -2.51. The zero-order valence-corrected chi connectivity index (χ0v) is 11.5. The lowest BCUT2D eigenvalue weighted by atomic mass is 9.84. The van der Waals surface area contributed by atoms with Gasteiger partial charge in [0.25, 0.3) is 5.69 Å². The summed E-state index contributed by atoms with van der Waals surface area (Å²) in [5.41, 5.74) is 7.61. The van der Waals surface area contributed by atoms with Crippen LogP contribution in [-0.4, -0.2) is 17.1 Å². The first-order valence-corrected chi connectivity index (χ1v) is 6.79. The molecule has 2 N–H and O–H groups in total. The van der Waals surface area contributed by atoms with Crippen molar-refractivity contribution in [2.24, 2.45) is 5.73 Å². The first-order chi connectivity index (χ1) is 10.1. The van der Waals surface area contributed by atoms with E-state index < -0.39 is 5.54 Å². The Bertz CT molecular complexity index is 687. The van der Waals surface area contributed by atoms with Crippen molar-refractivity contribution >= 4 is 5.69 Å².